The van der Waals surface area contributed by atoms with Gasteiger partial charge in [-0.25, -0.2) is 4.79 Å². The first-order chi connectivity index (χ1) is 13.4. The lowest BCUT2D eigenvalue weighted by Gasteiger charge is -2.12. The van der Waals surface area contributed by atoms with E-state index in [0.29, 0.717) is 21.3 Å². The summed E-state index contributed by atoms with van der Waals surface area (Å²) in [6.45, 7) is 3.49. The molecule has 1 aliphatic carbocycles. The van der Waals surface area contributed by atoms with Crippen LogP contribution in [0.25, 0.3) is 0 Å². The zero-order valence-electron chi connectivity index (χ0n) is 16.0. The lowest BCUT2D eigenvalue weighted by Crippen LogP contribution is -2.22. The number of amides is 1. The van der Waals surface area contributed by atoms with Gasteiger partial charge in [-0.1, -0.05) is 18.0 Å². The van der Waals surface area contributed by atoms with Gasteiger partial charge in [0.1, 0.15) is 10.8 Å². The second-order valence-corrected chi connectivity index (χ2v) is 8.56. The van der Waals surface area contributed by atoms with Crippen LogP contribution in [0.5, 0.6) is 5.75 Å². The number of aryl methyl sites for hydroxylation is 1. The Morgan fingerprint density at radius 1 is 1.14 bits per heavy atom. The second kappa shape index (κ2) is 9.43. The van der Waals surface area contributed by atoms with E-state index in [1.54, 1.807) is 24.3 Å². The number of hydrogen-bond donors (Lipinski definition) is 1. The monoisotopic (exact) mass is 421 g/mol. The Morgan fingerprint density at radius 3 is 2.57 bits per heavy atom. The second-order valence-electron chi connectivity index (χ2n) is 7.01. The van der Waals surface area contributed by atoms with Gasteiger partial charge < -0.3 is 14.8 Å². The molecule has 28 heavy (non-hydrogen) atoms. The van der Waals surface area contributed by atoms with Crippen LogP contribution >= 0.6 is 22.9 Å². The average molecular weight is 422 g/mol. The van der Waals surface area contributed by atoms with Crippen molar-refractivity contribution in [3.63, 3.8) is 0 Å². The maximum atomic E-state index is 12.7. The molecule has 0 saturated heterocycles. The van der Waals surface area contributed by atoms with Crippen LogP contribution in [0.1, 0.15) is 53.9 Å². The van der Waals surface area contributed by atoms with Crippen molar-refractivity contribution in [1.29, 1.82) is 0 Å². The number of nitrogens with one attached hydrogen (secondary N) is 1. The summed E-state index contributed by atoms with van der Waals surface area (Å²) in [5.74, 6) is -0.130. The van der Waals surface area contributed by atoms with Crippen molar-refractivity contribution >= 4 is 39.8 Å². The smallest absolute Gasteiger partial charge is 0.341 e. The van der Waals surface area contributed by atoms with Gasteiger partial charge in [0.2, 0.25) is 0 Å². The first-order valence-electron chi connectivity index (χ1n) is 9.47. The van der Waals surface area contributed by atoms with Crippen molar-refractivity contribution in [3.05, 3.63) is 45.3 Å². The molecule has 5 nitrogen and oxygen atoms in total. The molecule has 1 amide bonds. The molecule has 7 heteroatoms. The molecule has 0 bridgehead atoms. The molecule has 0 radical (unpaired) electrons. The number of hydrogen-bond acceptors (Lipinski definition) is 5. The van der Waals surface area contributed by atoms with E-state index in [0.717, 1.165) is 37.7 Å². The molecule has 0 aliphatic heterocycles. The van der Waals surface area contributed by atoms with Crippen molar-refractivity contribution in [3.8, 4) is 5.75 Å². The SMILES string of the molecule is CC(C)OC(=O)c1c(NC(=O)COc2ccc(Cl)cc2)sc2c1CCCCC2. The highest BCUT2D eigenvalue weighted by Gasteiger charge is 2.27. The first kappa shape index (κ1) is 20.7. The summed E-state index contributed by atoms with van der Waals surface area (Å²) in [7, 11) is 0. The van der Waals surface area contributed by atoms with Crippen molar-refractivity contribution in [2.24, 2.45) is 0 Å². The molecule has 1 N–H and O–H groups in total. The van der Waals surface area contributed by atoms with E-state index in [9.17, 15) is 9.59 Å². The summed E-state index contributed by atoms with van der Waals surface area (Å²) in [6, 6.07) is 6.80. The Bertz CT molecular complexity index is 845. The number of rotatable bonds is 6. The largest absolute Gasteiger partial charge is 0.484 e. The molecule has 0 spiro atoms. The Labute approximate surface area is 174 Å². The minimum absolute atomic E-state index is 0.150. The van der Waals surface area contributed by atoms with Crippen molar-refractivity contribution in [2.45, 2.75) is 52.1 Å². The third-order valence-corrected chi connectivity index (χ3v) is 5.86. The predicted molar refractivity (Wildman–Crippen MR) is 112 cm³/mol. The third-order valence-electron chi connectivity index (χ3n) is 4.40. The fourth-order valence-electron chi connectivity index (χ4n) is 3.16. The standard InChI is InChI=1S/C21H24ClNO4S/c1-13(2)27-21(25)19-16-6-4-3-5-7-17(16)28-20(19)23-18(24)12-26-15-10-8-14(22)9-11-15/h8-11,13H,3-7,12H2,1-2H3,(H,23,24). The first-order valence-corrected chi connectivity index (χ1v) is 10.7. The van der Waals surface area contributed by atoms with E-state index in [2.05, 4.69) is 5.32 Å². The molecular weight excluding hydrogens is 398 g/mol. The Balaban J connectivity index is 1.75. The van der Waals surface area contributed by atoms with Crippen LogP contribution in [0.4, 0.5) is 5.00 Å². The topological polar surface area (TPSA) is 64.6 Å². The number of benzene rings is 1. The van der Waals surface area contributed by atoms with Crippen molar-refractivity contribution < 1.29 is 19.1 Å². The van der Waals surface area contributed by atoms with Gasteiger partial charge in [0.05, 0.1) is 11.7 Å². The highest BCUT2D eigenvalue weighted by molar-refractivity contribution is 7.17. The minimum atomic E-state index is -0.372. The molecule has 3 rings (SSSR count). The van der Waals surface area contributed by atoms with Gasteiger partial charge in [0.25, 0.3) is 5.91 Å². The Morgan fingerprint density at radius 2 is 1.86 bits per heavy atom. The highest BCUT2D eigenvalue weighted by atomic mass is 35.5. The molecule has 0 unspecified atom stereocenters. The van der Waals surface area contributed by atoms with Gasteiger partial charge in [-0.15, -0.1) is 11.3 Å². The molecular formula is C21H24ClNO4S. The van der Waals surface area contributed by atoms with E-state index in [4.69, 9.17) is 21.1 Å². The van der Waals surface area contributed by atoms with Gasteiger partial charge >= 0.3 is 5.97 Å². The van der Waals surface area contributed by atoms with E-state index < -0.39 is 0 Å². The lowest BCUT2D eigenvalue weighted by atomic mass is 10.1. The van der Waals surface area contributed by atoms with Gasteiger partial charge in [-0.2, -0.15) is 0 Å². The molecule has 2 aromatic rings. The van der Waals surface area contributed by atoms with Gasteiger partial charge in [0.15, 0.2) is 6.61 Å². The lowest BCUT2D eigenvalue weighted by molar-refractivity contribution is -0.118. The number of fused-ring (bicyclic) bond motifs is 1. The normalized spacial score (nSPS) is 13.6. The van der Waals surface area contributed by atoms with Crippen molar-refractivity contribution in [1.82, 2.24) is 0 Å². The summed E-state index contributed by atoms with van der Waals surface area (Å²) in [5.41, 5.74) is 1.54. The average Bonchev–Trinajstić information content (AvgIpc) is 2.81. The highest BCUT2D eigenvalue weighted by Crippen LogP contribution is 2.38. The van der Waals surface area contributed by atoms with Crippen LogP contribution in [-0.4, -0.2) is 24.6 Å². The fourth-order valence-corrected chi connectivity index (χ4v) is 4.58. The fraction of sp³-hybridized carbons (Fsp3) is 0.429. The van der Waals surface area contributed by atoms with Crippen molar-refractivity contribution in [2.75, 3.05) is 11.9 Å². The predicted octanol–water partition coefficient (Wildman–Crippen LogP) is 5.25. The van der Waals surface area contributed by atoms with Crippen LogP contribution in [0.2, 0.25) is 5.02 Å². The molecule has 0 atom stereocenters. The summed E-state index contributed by atoms with van der Waals surface area (Å²) in [5, 5.41) is 4.01. The van der Waals surface area contributed by atoms with E-state index >= 15 is 0 Å². The van der Waals surface area contributed by atoms with E-state index in [1.165, 1.54) is 16.2 Å². The summed E-state index contributed by atoms with van der Waals surface area (Å²) in [6.07, 6.45) is 4.84. The molecule has 150 valence electrons. The number of carbonyl (C=O) groups excluding carboxylic acids is 2. The maximum Gasteiger partial charge on any atom is 0.341 e. The molecule has 0 fully saturated rings. The zero-order chi connectivity index (χ0) is 20.1. The van der Waals surface area contributed by atoms with Crippen LogP contribution < -0.4 is 10.1 Å². The van der Waals surface area contributed by atoms with Gasteiger partial charge in [-0.05, 0) is 69.4 Å². The third kappa shape index (κ3) is 5.26. The molecule has 1 aromatic heterocycles. The Kier molecular flexibility index (Phi) is 6.97. The number of anilines is 1. The number of ether oxygens (including phenoxy) is 2. The van der Waals surface area contributed by atoms with Crippen LogP contribution in [-0.2, 0) is 22.4 Å². The minimum Gasteiger partial charge on any atom is -0.484 e. The Hall–Kier alpha value is -2.05. The molecule has 0 saturated carbocycles. The molecule has 1 aliphatic rings. The summed E-state index contributed by atoms with van der Waals surface area (Å²) < 4.78 is 10.9. The number of thiophene rings is 1. The number of carbonyl (C=O) groups is 2. The van der Waals surface area contributed by atoms with Crippen LogP contribution in [0.3, 0.4) is 0 Å². The van der Waals surface area contributed by atoms with E-state index in [-0.39, 0.29) is 24.6 Å². The molecule has 1 aromatic carbocycles. The zero-order valence-corrected chi connectivity index (χ0v) is 17.6. The quantitative estimate of drug-likeness (QED) is 0.510. The maximum absolute atomic E-state index is 12.7. The summed E-state index contributed by atoms with van der Waals surface area (Å²) in [4.78, 5) is 26.3. The van der Waals surface area contributed by atoms with E-state index in [1.807, 2.05) is 13.8 Å². The summed E-state index contributed by atoms with van der Waals surface area (Å²) >= 11 is 7.33. The van der Waals surface area contributed by atoms with Gasteiger partial charge in [0, 0.05) is 9.90 Å². The van der Waals surface area contributed by atoms with Crippen LogP contribution in [0.15, 0.2) is 24.3 Å². The van der Waals surface area contributed by atoms with Crippen LogP contribution in [0, 0.1) is 0 Å². The number of esters is 1. The molecule has 1 heterocycles. The number of halogens is 1. The van der Waals surface area contributed by atoms with Gasteiger partial charge in [-0.3, -0.25) is 4.79 Å².